The van der Waals surface area contributed by atoms with Gasteiger partial charge < -0.3 is 15.1 Å². The van der Waals surface area contributed by atoms with Crippen LogP contribution in [0.5, 0.6) is 0 Å². The second kappa shape index (κ2) is 6.88. The van der Waals surface area contributed by atoms with Gasteiger partial charge >= 0.3 is 0 Å². The molecule has 0 fully saturated rings. The van der Waals surface area contributed by atoms with Crippen molar-refractivity contribution in [2.45, 2.75) is 17.4 Å². The van der Waals surface area contributed by atoms with E-state index in [0.717, 1.165) is 11.3 Å². The first-order valence-corrected chi connectivity index (χ1v) is 8.27. The van der Waals surface area contributed by atoms with Crippen LogP contribution in [0.25, 0.3) is 11.3 Å². The molecule has 0 saturated carbocycles. The third kappa shape index (κ3) is 3.65. The Balaban J connectivity index is 1.78. The molecule has 0 unspecified atom stereocenters. The van der Waals surface area contributed by atoms with E-state index < -0.39 is 0 Å². The van der Waals surface area contributed by atoms with Gasteiger partial charge in [-0.25, -0.2) is 4.98 Å². The van der Waals surface area contributed by atoms with Crippen molar-refractivity contribution in [1.29, 1.82) is 0 Å². The van der Waals surface area contributed by atoms with E-state index in [9.17, 15) is 0 Å². The van der Waals surface area contributed by atoms with Crippen LogP contribution in [0.2, 0.25) is 0 Å². The molecule has 1 aromatic carbocycles. The van der Waals surface area contributed by atoms with Crippen LogP contribution in [-0.4, -0.2) is 34.0 Å². The van der Waals surface area contributed by atoms with E-state index in [4.69, 9.17) is 10.2 Å². The van der Waals surface area contributed by atoms with Crippen molar-refractivity contribution in [3.8, 4) is 11.3 Å². The third-order valence-electron chi connectivity index (χ3n) is 3.25. The van der Waals surface area contributed by atoms with Crippen LogP contribution in [0, 0.1) is 0 Å². The fourth-order valence-electron chi connectivity index (χ4n) is 2.04. The van der Waals surface area contributed by atoms with Gasteiger partial charge in [0.2, 0.25) is 11.9 Å². The lowest BCUT2D eigenvalue weighted by molar-refractivity contribution is 0.453. The van der Waals surface area contributed by atoms with Crippen molar-refractivity contribution in [1.82, 2.24) is 19.9 Å². The second-order valence-electron chi connectivity index (χ2n) is 5.37. The standard InChI is InChI=1S/C16H18N6OS/c1-10(13-19-14(17)21-15(20-13)22(2)3)24-16-18-12(9-23-16)11-7-5-4-6-8-11/h4-10H,1-3H3,(H2,17,19,20,21)/t10-/m1/s1. The van der Waals surface area contributed by atoms with Gasteiger partial charge in [0.05, 0.1) is 5.25 Å². The Labute approximate surface area is 144 Å². The number of nitrogen functional groups attached to an aromatic ring is 1. The second-order valence-corrected chi connectivity index (χ2v) is 6.66. The van der Waals surface area contributed by atoms with E-state index in [-0.39, 0.29) is 11.2 Å². The number of oxazole rings is 1. The molecule has 124 valence electrons. The number of nitrogens with two attached hydrogens (primary N) is 1. The van der Waals surface area contributed by atoms with Gasteiger partial charge in [-0.05, 0) is 6.92 Å². The molecule has 0 aliphatic rings. The molecule has 0 radical (unpaired) electrons. The van der Waals surface area contributed by atoms with Gasteiger partial charge in [0.15, 0.2) is 0 Å². The molecular weight excluding hydrogens is 324 g/mol. The average Bonchev–Trinajstić information content (AvgIpc) is 3.03. The summed E-state index contributed by atoms with van der Waals surface area (Å²) in [4.78, 5) is 19.0. The quantitative estimate of drug-likeness (QED) is 0.707. The van der Waals surface area contributed by atoms with Crippen molar-refractivity contribution in [2.24, 2.45) is 0 Å². The molecule has 0 aliphatic heterocycles. The first kappa shape index (κ1) is 16.3. The van der Waals surface area contributed by atoms with E-state index in [1.165, 1.54) is 11.8 Å². The third-order valence-corrected chi connectivity index (χ3v) is 4.21. The number of anilines is 2. The zero-order chi connectivity index (χ0) is 17.1. The molecule has 3 rings (SSSR count). The first-order valence-electron chi connectivity index (χ1n) is 7.39. The van der Waals surface area contributed by atoms with Crippen LogP contribution in [0.4, 0.5) is 11.9 Å². The van der Waals surface area contributed by atoms with Crippen LogP contribution in [-0.2, 0) is 0 Å². The van der Waals surface area contributed by atoms with Crippen molar-refractivity contribution in [2.75, 3.05) is 24.7 Å². The molecule has 7 nitrogen and oxygen atoms in total. The Bertz CT molecular complexity index is 820. The molecule has 0 amide bonds. The summed E-state index contributed by atoms with van der Waals surface area (Å²) in [6.07, 6.45) is 1.65. The fraction of sp³-hybridized carbons (Fsp3) is 0.250. The largest absolute Gasteiger partial charge is 0.439 e. The van der Waals surface area contributed by atoms with Gasteiger partial charge in [0.25, 0.3) is 5.22 Å². The predicted molar refractivity (Wildman–Crippen MR) is 94.8 cm³/mol. The van der Waals surface area contributed by atoms with Crippen molar-refractivity contribution < 1.29 is 4.42 Å². The molecule has 0 spiro atoms. The Morgan fingerprint density at radius 2 is 1.83 bits per heavy atom. The summed E-state index contributed by atoms with van der Waals surface area (Å²) in [5.74, 6) is 1.33. The summed E-state index contributed by atoms with van der Waals surface area (Å²) < 4.78 is 5.56. The molecule has 2 aromatic heterocycles. The first-order chi connectivity index (χ1) is 11.5. The van der Waals surface area contributed by atoms with E-state index in [1.54, 1.807) is 11.2 Å². The molecule has 3 aromatic rings. The SMILES string of the molecule is C[C@@H](Sc1nc(-c2ccccc2)co1)c1nc(N)nc(N(C)C)n1. The van der Waals surface area contributed by atoms with E-state index in [0.29, 0.717) is 17.0 Å². The maximum absolute atomic E-state index is 5.77. The number of thioether (sulfide) groups is 1. The highest BCUT2D eigenvalue weighted by molar-refractivity contribution is 7.99. The normalized spacial score (nSPS) is 12.1. The zero-order valence-electron chi connectivity index (χ0n) is 13.7. The predicted octanol–water partition coefficient (Wildman–Crippen LogP) is 3.03. The van der Waals surface area contributed by atoms with Crippen LogP contribution in [0.1, 0.15) is 18.0 Å². The molecule has 2 heterocycles. The molecule has 0 saturated heterocycles. The maximum Gasteiger partial charge on any atom is 0.256 e. The molecular formula is C16H18N6OS. The van der Waals surface area contributed by atoms with Crippen molar-refractivity contribution in [3.63, 3.8) is 0 Å². The van der Waals surface area contributed by atoms with Gasteiger partial charge in [-0.15, -0.1) is 0 Å². The van der Waals surface area contributed by atoms with Crippen LogP contribution >= 0.6 is 11.8 Å². The number of rotatable bonds is 5. The summed E-state index contributed by atoms with van der Waals surface area (Å²) in [5, 5.41) is 0.489. The fourth-order valence-corrected chi connectivity index (χ4v) is 2.80. The highest BCUT2D eigenvalue weighted by Crippen LogP contribution is 2.34. The molecule has 1 atom stereocenters. The topological polar surface area (TPSA) is 94.0 Å². The van der Waals surface area contributed by atoms with Crippen molar-refractivity contribution in [3.05, 3.63) is 42.4 Å². The summed E-state index contributed by atoms with van der Waals surface area (Å²) in [6, 6.07) is 9.89. The number of benzene rings is 1. The van der Waals surface area contributed by atoms with E-state index >= 15 is 0 Å². The zero-order valence-corrected chi connectivity index (χ0v) is 14.5. The van der Waals surface area contributed by atoms with Gasteiger partial charge in [0, 0.05) is 19.7 Å². The lowest BCUT2D eigenvalue weighted by Crippen LogP contribution is -2.16. The minimum absolute atomic E-state index is 0.0729. The van der Waals surface area contributed by atoms with Gasteiger partial charge in [0.1, 0.15) is 17.8 Å². The monoisotopic (exact) mass is 342 g/mol. The highest BCUT2D eigenvalue weighted by atomic mass is 32.2. The summed E-state index contributed by atoms with van der Waals surface area (Å²) in [6.45, 7) is 1.98. The van der Waals surface area contributed by atoms with Crippen LogP contribution in [0.3, 0.4) is 0 Å². The number of nitrogens with zero attached hydrogens (tertiary/aromatic N) is 5. The maximum atomic E-state index is 5.77. The summed E-state index contributed by atoms with van der Waals surface area (Å²) in [5.41, 5.74) is 7.59. The minimum atomic E-state index is -0.0729. The van der Waals surface area contributed by atoms with E-state index in [2.05, 4.69) is 19.9 Å². The average molecular weight is 342 g/mol. The van der Waals surface area contributed by atoms with Crippen LogP contribution < -0.4 is 10.6 Å². The van der Waals surface area contributed by atoms with Gasteiger partial charge in [-0.3, -0.25) is 0 Å². The highest BCUT2D eigenvalue weighted by Gasteiger charge is 2.17. The van der Waals surface area contributed by atoms with Gasteiger partial charge in [-0.2, -0.15) is 15.0 Å². The number of aromatic nitrogens is 4. The van der Waals surface area contributed by atoms with Crippen LogP contribution in [0.15, 0.2) is 46.2 Å². The lowest BCUT2D eigenvalue weighted by Gasteiger charge is -2.13. The number of hydrogen-bond acceptors (Lipinski definition) is 8. The summed E-state index contributed by atoms with van der Waals surface area (Å²) >= 11 is 1.44. The molecule has 0 aliphatic carbocycles. The molecule has 8 heteroatoms. The molecule has 2 N–H and O–H groups in total. The lowest BCUT2D eigenvalue weighted by atomic mass is 10.2. The summed E-state index contributed by atoms with van der Waals surface area (Å²) in [7, 11) is 3.72. The minimum Gasteiger partial charge on any atom is -0.439 e. The Hall–Kier alpha value is -2.61. The van der Waals surface area contributed by atoms with Crippen molar-refractivity contribution >= 4 is 23.7 Å². The molecule has 0 bridgehead atoms. The Morgan fingerprint density at radius 3 is 2.54 bits per heavy atom. The smallest absolute Gasteiger partial charge is 0.256 e. The Morgan fingerprint density at radius 1 is 1.08 bits per heavy atom. The Kier molecular flexibility index (Phi) is 4.66. The van der Waals surface area contributed by atoms with Gasteiger partial charge in [-0.1, -0.05) is 42.1 Å². The molecule has 24 heavy (non-hydrogen) atoms. The number of hydrogen-bond donors (Lipinski definition) is 1. The van der Waals surface area contributed by atoms with E-state index in [1.807, 2.05) is 51.4 Å².